The Bertz CT molecular complexity index is 718. The van der Waals surface area contributed by atoms with Gasteiger partial charge in [0.1, 0.15) is 0 Å². The van der Waals surface area contributed by atoms with Crippen molar-refractivity contribution in [3.8, 4) is 0 Å². The Morgan fingerprint density at radius 1 is 1.00 bits per heavy atom. The molecule has 1 atom stereocenters. The number of carbonyl (C=O) groups is 3. The first-order chi connectivity index (χ1) is 13.0. The molecule has 0 spiro atoms. The van der Waals surface area contributed by atoms with Gasteiger partial charge in [0.05, 0.1) is 27.8 Å². The van der Waals surface area contributed by atoms with Crippen molar-refractivity contribution < 1.29 is 28.6 Å². The van der Waals surface area contributed by atoms with Gasteiger partial charge >= 0.3 is 17.9 Å². The molecule has 1 unspecified atom stereocenters. The number of ether oxygens (including phenoxy) is 3. The Balaban J connectivity index is 2.68. The Hall–Kier alpha value is -2.63. The molecule has 0 radical (unpaired) electrons. The van der Waals surface area contributed by atoms with Gasteiger partial charge in [-0.05, 0) is 30.4 Å². The summed E-state index contributed by atoms with van der Waals surface area (Å²) in [6, 6.07) is 9.76. The van der Waals surface area contributed by atoms with Crippen LogP contribution in [0.15, 0.2) is 35.9 Å². The topological polar surface area (TPSA) is 78.9 Å². The van der Waals surface area contributed by atoms with Crippen LogP contribution in [-0.2, 0) is 28.6 Å². The minimum absolute atomic E-state index is 0.0909. The van der Waals surface area contributed by atoms with Gasteiger partial charge in [0, 0.05) is 5.92 Å². The molecule has 1 aliphatic rings. The average molecular weight is 374 g/mol. The highest BCUT2D eigenvalue weighted by atomic mass is 16.5. The Kier molecular flexibility index (Phi) is 6.77. The van der Waals surface area contributed by atoms with Gasteiger partial charge in [-0.2, -0.15) is 0 Å². The molecule has 0 amide bonds. The van der Waals surface area contributed by atoms with Gasteiger partial charge in [-0.1, -0.05) is 42.8 Å². The van der Waals surface area contributed by atoms with Gasteiger partial charge < -0.3 is 14.2 Å². The normalized spacial score (nSPS) is 19.9. The van der Waals surface area contributed by atoms with Gasteiger partial charge in [0.25, 0.3) is 0 Å². The number of allylic oxidation sites excluding steroid dienone is 2. The monoisotopic (exact) mass is 374 g/mol. The Morgan fingerprint density at radius 2 is 1.59 bits per heavy atom. The van der Waals surface area contributed by atoms with Crippen molar-refractivity contribution in [3.05, 3.63) is 41.5 Å². The standard InChI is InChI=1S/C21H26O6/c1-5-15(14-9-7-6-8-10-14)16-11-12-21(19(23)26-3,20(24)27-4)17(16)13-18(22)25-2/h6-10,17H,5,11-13H2,1-4H3/b16-15+. The van der Waals surface area contributed by atoms with Crippen LogP contribution in [0.25, 0.3) is 5.57 Å². The van der Waals surface area contributed by atoms with Gasteiger partial charge in [-0.25, -0.2) is 0 Å². The van der Waals surface area contributed by atoms with Gasteiger partial charge in [0.2, 0.25) is 0 Å². The van der Waals surface area contributed by atoms with Crippen LogP contribution in [0.5, 0.6) is 0 Å². The summed E-state index contributed by atoms with van der Waals surface area (Å²) < 4.78 is 14.8. The first kappa shape index (κ1) is 20.7. The molecule has 1 saturated carbocycles. The van der Waals surface area contributed by atoms with Crippen molar-refractivity contribution in [2.75, 3.05) is 21.3 Å². The molecule has 0 bridgehead atoms. The number of esters is 3. The molecule has 0 N–H and O–H groups in total. The molecular weight excluding hydrogens is 348 g/mol. The van der Waals surface area contributed by atoms with Crippen LogP contribution in [0.2, 0.25) is 0 Å². The lowest BCUT2D eigenvalue weighted by molar-refractivity contribution is -0.172. The van der Waals surface area contributed by atoms with E-state index >= 15 is 0 Å². The first-order valence-corrected chi connectivity index (χ1v) is 8.97. The van der Waals surface area contributed by atoms with Crippen LogP contribution in [0.4, 0.5) is 0 Å². The SMILES string of the molecule is CC/C(=C1/CCC(C(=O)OC)(C(=O)OC)C1CC(=O)OC)c1ccccc1. The van der Waals surface area contributed by atoms with Crippen molar-refractivity contribution in [2.45, 2.75) is 32.6 Å². The van der Waals surface area contributed by atoms with Crippen molar-refractivity contribution in [1.29, 1.82) is 0 Å². The number of hydrogen-bond donors (Lipinski definition) is 0. The highest BCUT2D eigenvalue weighted by Crippen LogP contribution is 2.53. The first-order valence-electron chi connectivity index (χ1n) is 8.97. The van der Waals surface area contributed by atoms with Crippen LogP contribution in [0, 0.1) is 11.3 Å². The predicted molar refractivity (Wildman–Crippen MR) is 99.5 cm³/mol. The number of methoxy groups -OCH3 is 3. The second-order valence-corrected chi connectivity index (χ2v) is 6.51. The zero-order valence-corrected chi connectivity index (χ0v) is 16.2. The van der Waals surface area contributed by atoms with Crippen molar-refractivity contribution >= 4 is 23.5 Å². The fraction of sp³-hybridized carbons (Fsp3) is 0.476. The van der Waals surface area contributed by atoms with Crippen LogP contribution >= 0.6 is 0 Å². The van der Waals surface area contributed by atoms with Crippen molar-refractivity contribution in [3.63, 3.8) is 0 Å². The smallest absolute Gasteiger partial charge is 0.323 e. The molecule has 1 aliphatic carbocycles. The molecule has 0 aliphatic heterocycles. The number of benzene rings is 1. The maximum absolute atomic E-state index is 12.7. The van der Waals surface area contributed by atoms with Crippen molar-refractivity contribution in [1.82, 2.24) is 0 Å². The fourth-order valence-corrected chi connectivity index (χ4v) is 4.08. The molecule has 6 heteroatoms. The molecule has 0 heterocycles. The number of hydrogen-bond acceptors (Lipinski definition) is 6. The second-order valence-electron chi connectivity index (χ2n) is 6.51. The molecule has 1 aromatic carbocycles. The number of carbonyl (C=O) groups excluding carboxylic acids is 3. The summed E-state index contributed by atoms with van der Waals surface area (Å²) in [5.74, 6) is -2.51. The summed E-state index contributed by atoms with van der Waals surface area (Å²) in [7, 11) is 3.76. The summed E-state index contributed by atoms with van der Waals surface area (Å²) >= 11 is 0. The van der Waals surface area contributed by atoms with E-state index in [0.717, 1.165) is 16.7 Å². The van der Waals surface area contributed by atoms with Crippen LogP contribution in [0.1, 0.15) is 38.2 Å². The molecule has 1 aromatic rings. The molecule has 6 nitrogen and oxygen atoms in total. The molecular formula is C21H26O6. The Morgan fingerprint density at radius 3 is 2.07 bits per heavy atom. The van der Waals surface area contributed by atoms with E-state index in [4.69, 9.17) is 14.2 Å². The van der Waals surface area contributed by atoms with Crippen molar-refractivity contribution in [2.24, 2.45) is 11.3 Å². The lowest BCUT2D eigenvalue weighted by Gasteiger charge is -2.30. The van der Waals surface area contributed by atoms with Crippen LogP contribution in [0.3, 0.4) is 0 Å². The largest absolute Gasteiger partial charge is 0.469 e. The van der Waals surface area contributed by atoms with E-state index < -0.39 is 29.2 Å². The Labute approximate surface area is 159 Å². The van der Waals surface area contributed by atoms with Gasteiger partial charge in [-0.3, -0.25) is 14.4 Å². The van der Waals surface area contributed by atoms with E-state index in [1.165, 1.54) is 21.3 Å². The molecule has 0 saturated heterocycles. The predicted octanol–water partition coefficient (Wildman–Crippen LogP) is 3.16. The molecule has 27 heavy (non-hydrogen) atoms. The van der Waals surface area contributed by atoms with E-state index in [9.17, 15) is 14.4 Å². The van der Waals surface area contributed by atoms with E-state index in [0.29, 0.717) is 12.8 Å². The third-order valence-electron chi connectivity index (χ3n) is 5.37. The summed E-state index contributed by atoms with van der Waals surface area (Å²) in [6.45, 7) is 2.01. The average Bonchev–Trinajstić information content (AvgIpc) is 3.07. The minimum Gasteiger partial charge on any atom is -0.469 e. The maximum atomic E-state index is 12.7. The van der Waals surface area contributed by atoms with E-state index in [-0.39, 0.29) is 12.8 Å². The van der Waals surface area contributed by atoms with E-state index in [1.54, 1.807) is 0 Å². The quantitative estimate of drug-likeness (QED) is 0.432. The zero-order chi connectivity index (χ0) is 20.0. The highest BCUT2D eigenvalue weighted by molar-refractivity contribution is 6.02. The summed E-state index contributed by atoms with van der Waals surface area (Å²) in [4.78, 5) is 37.5. The minimum atomic E-state index is -1.54. The lowest BCUT2D eigenvalue weighted by Crippen LogP contribution is -2.45. The van der Waals surface area contributed by atoms with Crippen LogP contribution < -0.4 is 0 Å². The summed E-state index contributed by atoms with van der Waals surface area (Å²) in [6.07, 6.45) is 1.35. The fourth-order valence-electron chi connectivity index (χ4n) is 4.08. The third kappa shape index (κ3) is 3.75. The van der Waals surface area contributed by atoms with E-state index in [2.05, 4.69) is 0 Å². The highest BCUT2D eigenvalue weighted by Gasteiger charge is 2.59. The third-order valence-corrected chi connectivity index (χ3v) is 5.37. The molecule has 0 aromatic heterocycles. The zero-order valence-electron chi connectivity index (χ0n) is 16.2. The van der Waals surface area contributed by atoms with Gasteiger partial charge in [-0.15, -0.1) is 0 Å². The summed E-state index contributed by atoms with van der Waals surface area (Å²) in [5.41, 5.74) is 1.40. The lowest BCUT2D eigenvalue weighted by atomic mass is 9.73. The maximum Gasteiger partial charge on any atom is 0.323 e. The molecule has 146 valence electrons. The van der Waals surface area contributed by atoms with Crippen LogP contribution in [-0.4, -0.2) is 39.2 Å². The summed E-state index contributed by atoms with van der Waals surface area (Å²) in [5, 5.41) is 0. The second kappa shape index (κ2) is 8.84. The molecule has 2 rings (SSSR count). The van der Waals surface area contributed by atoms with Gasteiger partial charge in [0.15, 0.2) is 5.41 Å². The molecule has 1 fully saturated rings. The number of rotatable bonds is 6. The van der Waals surface area contributed by atoms with E-state index in [1.807, 2.05) is 37.3 Å².